The van der Waals surface area contributed by atoms with Crippen molar-refractivity contribution < 1.29 is 8.42 Å². The van der Waals surface area contributed by atoms with E-state index in [0.29, 0.717) is 11.6 Å². The van der Waals surface area contributed by atoms with Gasteiger partial charge in [0.2, 0.25) is 10.0 Å². The average molecular weight is 331 g/mol. The number of rotatable bonds is 5. The van der Waals surface area contributed by atoms with Gasteiger partial charge in [-0.15, -0.1) is 0 Å². The fourth-order valence-electron chi connectivity index (χ4n) is 2.53. The van der Waals surface area contributed by atoms with E-state index in [0.717, 1.165) is 19.0 Å². The lowest BCUT2D eigenvalue weighted by atomic mass is 9.98. The number of halogens is 1. The van der Waals surface area contributed by atoms with Crippen LogP contribution in [-0.2, 0) is 10.0 Å². The average Bonchev–Trinajstić information content (AvgIpc) is 2.46. The Morgan fingerprint density at radius 3 is 2.43 bits per heavy atom. The van der Waals surface area contributed by atoms with Crippen molar-refractivity contribution in [3.8, 4) is 0 Å². The van der Waals surface area contributed by atoms with Gasteiger partial charge in [0.1, 0.15) is 0 Å². The molecule has 0 radical (unpaired) electrons. The maximum absolute atomic E-state index is 12.2. The lowest BCUT2D eigenvalue weighted by Gasteiger charge is -2.34. The van der Waals surface area contributed by atoms with E-state index in [9.17, 15) is 8.42 Å². The first-order valence-corrected chi connectivity index (χ1v) is 9.24. The summed E-state index contributed by atoms with van der Waals surface area (Å²) in [6.07, 6.45) is 2.38. The van der Waals surface area contributed by atoms with Gasteiger partial charge in [0.25, 0.3) is 0 Å². The van der Waals surface area contributed by atoms with Gasteiger partial charge in [0.05, 0.1) is 4.90 Å². The molecule has 0 aliphatic carbocycles. The first-order valence-electron chi connectivity index (χ1n) is 7.38. The Labute approximate surface area is 132 Å². The topological polar surface area (TPSA) is 49.4 Å². The standard InChI is InChI=1S/C15H23ClN2O2S/c1-12-7-9-18(10-8-12)13(2)11-17-21(19,20)15-5-3-14(16)4-6-15/h3-6,12-13,17H,7-11H2,1-2H3. The molecule has 1 saturated heterocycles. The molecule has 1 atom stereocenters. The van der Waals surface area contributed by atoms with Crippen LogP contribution in [-0.4, -0.2) is 39.0 Å². The molecular weight excluding hydrogens is 308 g/mol. The highest BCUT2D eigenvalue weighted by atomic mass is 35.5. The lowest BCUT2D eigenvalue weighted by molar-refractivity contribution is 0.148. The molecule has 0 aromatic heterocycles. The summed E-state index contributed by atoms with van der Waals surface area (Å²) in [4.78, 5) is 2.61. The van der Waals surface area contributed by atoms with E-state index in [4.69, 9.17) is 11.6 Å². The molecule has 1 aromatic carbocycles. The van der Waals surface area contributed by atoms with Gasteiger partial charge >= 0.3 is 0 Å². The van der Waals surface area contributed by atoms with Crippen LogP contribution in [0.3, 0.4) is 0 Å². The molecule has 21 heavy (non-hydrogen) atoms. The van der Waals surface area contributed by atoms with Gasteiger partial charge in [-0.3, -0.25) is 4.90 Å². The molecule has 0 amide bonds. The highest BCUT2D eigenvalue weighted by Crippen LogP contribution is 2.18. The highest BCUT2D eigenvalue weighted by Gasteiger charge is 2.22. The predicted molar refractivity (Wildman–Crippen MR) is 86.1 cm³/mol. The highest BCUT2D eigenvalue weighted by molar-refractivity contribution is 7.89. The Hall–Kier alpha value is -0.620. The minimum atomic E-state index is -3.46. The molecule has 118 valence electrons. The number of nitrogens with one attached hydrogen (secondary N) is 1. The van der Waals surface area contributed by atoms with E-state index >= 15 is 0 Å². The largest absolute Gasteiger partial charge is 0.299 e. The number of nitrogens with zero attached hydrogens (tertiary/aromatic N) is 1. The van der Waals surface area contributed by atoms with Gasteiger partial charge in [-0.25, -0.2) is 13.1 Å². The van der Waals surface area contributed by atoms with Crippen LogP contribution in [0.15, 0.2) is 29.2 Å². The third-order valence-electron chi connectivity index (χ3n) is 4.13. The number of sulfonamides is 1. The minimum Gasteiger partial charge on any atom is -0.299 e. The summed E-state index contributed by atoms with van der Waals surface area (Å²) in [7, 11) is -3.46. The van der Waals surface area contributed by atoms with Crippen LogP contribution in [0, 0.1) is 5.92 Å². The molecule has 2 rings (SSSR count). The summed E-state index contributed by atoms with van der Waals surface area (Å²) in [5.74, 6) is 0.777. The van der Waals surface area contributed by atoms with Crippen molar-refractivity contribution in [2.24, 2.45) is 5.92 Å². The fraction of sp³-hybridized carbons (Fsp3) is 0.600. The fourth-order valence-corrected chi connectivity index (χ4v) is 3.77. The Kier molecular flexibility index (Phi) is 5.66. The Bertz CT molecular complexity index is 552. The first-order chi connectivity index (χ1) is 9.88. The van der Waals surface area contributed by atoms with Crippen molar-refractivity contribution in [3.05, 3.63) is 29.3 Å². The Morgan fingerprint density at radius 2 is 1.86 bits per heavy atom. The Balaban J connectivity index is 1.90. The molecule has 1 aliphatic rings. The molecule has 0 spiro atoms. The van der Waals surface area contributed by atoms with Crippen LogP contribution in [0.4, 0.5) is 0 Å². The van der Waals surface area contributed by atoms with Crippen molar-refractivity contribution in [3.63, 3.8) is 0 Å². The van der Waals surface area contributed by atoms with Gasteiger partial charge in [-0.2, -0.15) is 0 Å². The van der Waals surface area contributed by atoms with E-state index < -0.39 is 10.0 Å². The molecule has 4 nitrogen and oxygen atoms in total. The summed E-state index contributed by atoms with van der Waals surface area (Å²) >= 11 is 5.78. The molecule has 1 fully saturated rings. The van der Waals surface area contributed by atoms with E-state index in [1.807, 2.05) is 0 Å². The van der Waals surface area contributed by atoms with Gasteiger partial charge in [0, 0.05) is 17.6 Å². The first kappa shape index (κ1) is 16.7. The SMILES string of the molecule is CC1CCN(C(C)CNS(=O)(=O)c2ccc(Cl)cc2)CC1. The summed E-state index contributed by atoms with van der Waals surface area (Å²) in [6, 6.07) is 6.44. The van der Waals surface area contributed by atoms with Gasteiger partial charge in [0.15, 0.2) is 0 Å². The zero-order chi connectivity index (χ0) is 15.5. The number of benzene rings is 1. The maximum Gasteiger partial charge on any atom is 0.240 e. The van der Waals surface area contributed by atoms with Crippen LogP contribution >= 0.6 is 11.6 Å². The van der Waals surface area contributed by atoms with Crippen LogP contribution in [0.2, 0.25) is 5.02 Å². The zero-order valence-electron chi connectivity index (χ0n) is 12.5. The number of hydrogen-bond acceptors (Lipinski definition) is 3. The van der Waals surface area contributed by atoms with Crippen molar-refractivity contribution in [2.75, 3.05) is 19.6 Å². The second-order valence-corrected chi connectivity index (χ2v) is 8.08. The summed E-state index contributed by atoms with van der Waals surface area (Å²) < 4.78 is 27.1. The minimum absolute atomic E-state index is 0.208. The molecule has 1 aliphatic heterocycles. The Morgan fingerprint density at radius 1 is 1.29 bits per heavy atom. The maximum atomic E-state index is 12.2. The molecule has 6 heteroatoms. The molecule has 0 saturated carbocycles. The van der Waals surface area contributed by atoms with Crippen LogP contribution < -0.4 is 4.72 Å². The van der Waals surface area contributed by atoms with E-state index in [1.165, 1.54) is 25.0 Å². The summed E-state index contributed by atoms with van der Waals surface area (Å²) in [5, 5.41) is 0.532. The third kappa shape index (κ3) is 4.68. The van der Waals surface area contributed by atoms with E-state index in [2.05, 4.69) is 23.5 Å². The number of piperidine rings is 1. The van der Waals surface area contributed by atoms with Crippen molar-refractivity contribution in [1.82, 2.24) is 9.62 Å². The van der Waals surface area contributed by atoms with Gasteiger partial charge < -0.3 is 0 Å². The number of likely N-dealkylation sites (tertiary alicyclic amines) is 1. The quantitative estimate of drug-likeness (QED) is 0.903. The van der Waals surface area contributed by atoms with Gasteiger partial charge in [-0.1, -0.05) is 18.5 Å². The molecule has 1 unspecified atom stereocenters. The zero-order valence-corrected chi connectivity index (χ0v) is 14.1. The monoisotopic (exact) mass is 330 g/mol. The molecular formula is C15H23ClN2O2S. The van der Waals surface area contributed by atoms with E-state index in [-0.39, 0.29) is 10.9 Å². The molecule has 0 bridgehead atoms. The van der Waals surface area contributed by atoms with Crippen molar-refractivity contribution in [1.29, 1.82) is 0 Å². The third-order valence-corrected chi connectivity index (χ3v) is 5.83. The predicted octanol–water partition coefficient (Wildman–Crippen LogP) is 2.74. The lowest BCUT2D eigenvalue weighted by Crippen LogP contribution is -2.45. The van der Waals surface area contributed by atoms with Crippen LogP contribution in [0.1, 0.15) is 26.7 Å². The van der Waals surface area contributed by atoms with Gasteiger partial charge in [-0.05, 0) is 63.0 Å². The van der Waals surface area contributed by atoms with E-state index in [1.54, 1.807) is 12.1 Å². The molecule has 1 N–H and O–H groups in total. The van der Waals surface area contributed by atoms with Crippen LogP contribution in [0.5, 0.6) is 0 Å². The molecule has 1 aromatic rings. The molecule has 1 heterocycles. The summed E-state index contributed by atoms with van der Waals surface area (Å²) in [6.45, 7) is 6.86. The normalized spacial score (nSPS) is 19.6. The summed E-state index contributed by atoms with van der Waals surface area (Å²) in [5.41, 5.74) is 0. The second kappa shape index (κ2) is 7.09. The number of hydrogen-bond donors (Lipinski definition) is 1. The smallest absolute Gasteiger partial charge is 0.240 e. The second-order valence-electron chi connectivity index (χ2n) is 5.87. The van der Waals surface area contributed by atoms with Crippen molar-refractivity contribution >= 4 is 21.6 Å². The van der Waals surface area contributed by atoms with Crippen molar-refractivity contribution in [2.45, 2.75) is 37.6 Å². The van der Waals surface area contributed by atoms with Crippen LogP contribution in [0.25, 0.3) is 0 Å².